The molecular weight excluding hydrogens is 336 g/mol. The molecule has 0 unspecified atom stereocenters. The summed E-state index contributed by atoms with van der Waals surface area (Å²) in [4.78, 5) is 7.30. The second kappa shape index (κ2) is 8.03. The Bertz CT molecular complexity index is 733. The van der Waals surface area contributed by atoms with Gasteiger partial charge in [0, 0.05) is 31.5 Å². The van der Waals surface area contributed by atoms with Crippen LogP contribution < -0.4 is 10.1 Å². The maximum Gasteiger partial charge on any atom is 0.122 e. The molecule has 5 nitrogen and oxygen atoms in total. The maximum atomic E-state index is 5.60. The third-order valence-electron chi connectivity index (χ3n) is 6.29. The van der Waals surface area contributed by atoms with Crippen LogP contribution >= 0.6 is 0 Å². The van der Waals surface area contributed by atoms with Gasteiger partial charge in [-0.2, -0.15) is 0 Å². The van der Waals surface area contributed by atoms with E-state index in [4.69, 9.17) is 4.74 Å². The van der Waals surface area contributed by atoms with Gasteiger partial charge >= 0.3 is 0 Å². The topological polar surface area (TPSA) is 42.3 Å². The molecule has 0 bridgehead atoms. The summed E-state index contributed by atoms with van der Waals surface area (Å²) in [6.07, 6.45) is 7.97. The molecule has 1 N–H and O–H groups in total. The number of benzene rings is 1. The lowest BCUT2D eigenvalue weighted by atomic mass is 9.93. The second-order valence-electron chi connectivity index (χ2n) is 7.94. The van der Waals surface area contributed by atoms with E-state index in [0.717, 1.165) is 38.5 Å². The molecule has 1 aromatic heterocycles. The molecule has 2 aliphatic rings. The molecule has 0 radical (unpaired) electrons. The van der Waals surface area contributed by atoms with Gasteiger partial charge in [-0.1, -0.05) is 12.1 Å². The van der Waals surface area contributed by atoms with Gasteiger partial charge in [0.1, 0.15) is 11.6 Å². The van der Waals surface area contributed by atoms with Crippen LogP contribution in [0.1, 0.15) is 44.5 Å². The van der Waals surface area contributed by atoms with E-state index in [2.05, 4.69) is 57.2 Å². The van der Waals surface area contributed by atoms with Crippen LogP contribution in [0.15, 0.2) is 36.7 Å². The molecule has 2 aromatic rings. The number of hydrogen-bond acceptors (Lipinski definition) is 4. The van der Waals surface area contributed by atoms with Crippen molar-refractivity contribution < 1.29 is 4.74 Å². The first-order chi connectivity index (χ1) is 13.2. The Morgan fingerprint density at radius 3 is 2.67 bits per heavy atom. The van der Waals surface area contributed by atoms with Gasteiger partial charge in [0.2, 0.25) is 0 Å². The van der Waals surface area contributed by atoms with Gasteiger partial charge in [0.05, 0.1) is 13.2 Å². The summed E-state index contributed by atoms with van der Waals surface area (Å²) in [6, 6.07) is 9.28. The van der Waals surface area contributed by atoms with E-state index in [1.165, 1.54) is 30.7 Å². The van der Waals surface area contributed by atoms with Gasteiger partial charge in [-0.3, -0.25) is 4.90 Å². The maximum absolute atomic E-state index is 5.60. The molecule has 2 heterocycles. The number of ether oxygens (including phenoxy) is 1. The van der Waals surface area contributed by atoms with E-state index in [0.29, 0.717) is 18.1 Å². The monoisotopic (exact) mass is 368 g/mol. The lowest BCUT2D eigenvalue weighted by Gasteiger charge is -2.29. The van der Waals surface area contributed by atoms with Crippen LogP contribution in [-0.2, 0) is 19.6 Å². The molecule has 1 atom stereocenters. The lowest BCUT2D eigenvalue weighted by molar-refractivity contribution is 0.182. The SMILES string of the molecule is CCOc1ccc(CN(Cc2nccn2CC)[C@H]2CC23CCNCC3)cc1. The van der Waals surface area contributed by atoms with Crippen molar-refractivity contribution in [2.24, 2.45) is 5.41 Å². The largest absolute Gasteiger partial charge is 0.494 e. The first-order valence-corrected chi connectivity index (χ1v) is 10.4. The van der Waals surface area contributed by atoms with Crippen LogP contribution in [-0.4, -0.2) is 40.2 Å². The Labute approximate surface area is 162 Å². The van der Waals surface area contributed by atoms with Crippen molar-refractivity contribution in [2.45, 2.75) is 58.8 Å². The van der Waals surface area contributed by atoms with Crippen LogP contribution in [0.4, 0.5) is 0 Å². The fourth-order valence-corrected chi connectivity index (χ4v) is 4.63. The van der Waals surface area contributed by atoms with Crippen molar-refractivity contribution in [3.63, 3.8) is 0 Å². The van der Waals surface area contributed by atoms with Crippen molar-refractivity contribution in [2.75, 3.05) is 19.7 Å². The van der Waals surface area contributed by atoms with Crippen LogP contribution in [0.2, 0.25) is 0 Å². The van der Waals surface area contributed by atoms with Crippen molar-refractivity contribution >= 4 is 0 Å². The second-order valence-corrected chi connectivity index (χ2v) is 7.94. The quantitative estimate of drug-likeness (QED) is 0.775. The minimum Gasteiger partial charge on any atom is -0.494 e. The van der Waals surface area contributed by atoms with E-state index >= 15 is 0 Å². The van der Waals surface area contributed by atoms with Gasteiger partial charge in [-0.05, 0) is 69.3 Å². The minimum atomic E-state index is 0.528. The minimum absolute atomic E-state index is 0.528. The summed E-state index contributed by atoms with van der Waals surface area (Å²) in [5, 5.41) is 3.52. The van der Waals surface area contributed by atoms with Crippen LogP contribution in [0.5, 0.6) is 5.75 Å². The zero-order valence-corrected chi connectivity index (χ0v) is 16.7. The molecular formula is C22H32N4O. The Morgan fingerprint density at radius 2 is 1.96 bits per heavy atom. The summed E-state index contributed by atoms with van der Waals surface area (Å²) in [7, 11) is 0. The number of rotatable bonds is 8. The number of hydrogen-bond donors (Lipinski definition) is 1. The molecule has 4 rings (SSSR count). The molecule has 146 valence electrons. The van der Waals surface area contributed by atoms with Crippen LogP contribution in [0.25, 0.3) is 0 Å². The third kappa shape index (κ3) is 4.04. The standard InChI is InChI=1S/C22H32N4O/c1-3-25-14-13-24-21(25)17-26(20-15-22(20)9-11-23-12-10-22)16-18-5-7-19(8-6-18)27-4-2/h5-8,13-14,20,23H,3-4,9-12,15-17H2,1-2H3/t20-/m0/s1. The summed E-state index contributed by atoms with van der Waals surface area (Å²) in [6.45, 7) is 10.1. The highest BCUT2D eigenvalue weighted by Gasteiger charge is 2.56. The normalized spacial score (nSPS) is 20.9. The lowest BCUT2D eigenvalue weighted by Crippen LogP contribution is -2.36. The fraction of sp³-hybridized carbons (Fsp3) is 0.591. The molecule has 1 saturated carbocycles. The van der Waals surface area contributed by atoms with Crippen molar-refractivity contribution in [1.82, 2.24) is 19.8 Å². The Morgan fingerprint density at radius 1 is 1.19 bits per heavy atom. The first kappa shape index (κ1) is 18.5. The zero-order chi connectivity index (χ0) is 18.7. The Balaban J connectivity index is 1.51. The predicted molar refractivity (Wildman–Crippen MR) is 108 cm³/mol. The van der Waals surface area contributed by atoms with Gasteiger partial charge in [0.15, 0.2) is 0 Å². The third-order valence-corrected chi connectivity index (χ3v) is 6.29. The number of aryl methyl sites for hydroxylation is 1. The molecule has 0 amide bonds. The summed E-state index contributed by atoms with van der Waals surface area (Å²) >= 11 is 0. The average molecular weight is 369 g/mol. The smallest absolute Gasteiger partial charge is 0.122 e. The number of nitrogens with zero attached hydrogens (tertiary/aromatic N) is 3. The molecule has 1 saturated heterocycles. The van der Waals surface area contributed by atoms with E-state index in [-0.39, 0.29) is 0 Å². The van der Waals surface area contributed by atoms with Crippen LogP contribution in [0.3, 0.4) is 0 Å². The highest BCUT2D eigenvalue weighted by atomic mass is 16.5. The fourth-order valence-electron chi connectivity index (χ4n) is 4.63. The van der Waals surface area contributed by atoms with Gasteiger partial charge in [0.25, 0.3) is 0 Å². The summed E-state index contributed by atoms with van der Waals surface area (Å²) in [5.74, 6) is 2.13. The predicted octanol–water partition coefficient (Wildman–Crippen LogP) is 3.45. The highest BCUT2D eigenvalue weighted by molar-refractivity contribution is 5.27. The molecule has 5 heteroatoms. The highest BCUT2D eigenvalue weighted by Crippen LogP contribution is 2.56. The van der Waals surface area contributed by atoms with Crippen molar-refractivity contribution in [3.05, 3.63) is 48.0 Å². The Hall–Kier alpha value is -1.85. The van der Waals surface area contributed by atoms with E-state index in [9.17, 15) is 0 Å². The van der Waals surface area contributed by atoms with Crippen molar-refractivity contribution in [1.29, 1.82) is 0 Å². The molecule has 1 spiro atoms. The molecule has 1 aliphatic heterocycles. The molecule has 1 aromatic carbocycles. The van der Waals surface area contributed by atoms with Gasteiger partial charge in [-0.15, -0.1) is 0 Å². The number of nitrogens with one attached hydrogen (secondary N) is 1. The number of aromatic nitrogens is 2. The zero-order valence-electron chi connectivity index (χ0n) is 16.7. The Kier molecular flexibility index (Phi) is 5.50. The van der Waals surface area contributed by atoms with E-state index in [1.54, 1.807) is 0 Å². The van der Waals surface area contributed by atoms with E-state index < -0.39 is 0 Å². The summed E-state index contributed by atoms with van der Waals surface area (Å²) < 4.78 is 7.86. The average Bonchev–Trinajstić information content (AvgIpc) is 3.18. The number of imidazole rings is 1. The number of piperidine rings is 1. The van der Waals surface area contributed by atoms with Crippen LogP contribution in [0, 0.1) is 5.41 Å². The molecule has 27 heavy (non-hydrogen) atoms. The molecule has 1 aliphatic carbocycles. The first-order valence-electron chi connectivity index (χ1n) is 10.4. The van der Waals surface area contributed by atoms with E-state index in [1.807, 2.05) is 13.1 Å². The molecule has 2 fully saturated rings. The van der Waals surface area contributed by atoms with Gasteiger partial charge < -0.3 is 14.6 Å². The van der Waals surface area contributed by atoms with Crippen molar-refractivity contribution in [3.8, 4) is 5.75 Å². The summed E-state index contributed by atoms with van der Waals surface area (Å²) in [5.41, 5.74) is 1.88. The van der Waals surface area contributed by atoms with Gasteiger partial charge in [-0.25, -0.2) is 4.98 Å².